The van der Waals surface area contributed by atoms with Gasteiger partial charge in [-0.1, -0.05) is 31.5 Å². The van der Waals surface area contributed by atoms with Crippen molar-refractivity contribution in [2.75, 3.05) is 6.61 Å². The molecule has 6 heteroatoms. The molecular weight excluding hydrogens is 374 g/mol. The third-order valence-corrected chi connectivity index (χ3v) is 5.20. The van der Waals surface area contributed by atoms with E-state index in [0.29, 0.717) is 17.4 Å². The van der Waals surface area contributed by atoms with Gasteiger partial charge in [-0.3, -0.25) is 0 Å². The molecule has 0 bridgehead atoms. The smallest absolute Gasteiger partial charge is 0.341 e. The third-order valence-electron chi connectivity index (χ3n) is 4.19. The molecule has 0 aliphatic carbocycles. The molecule has 3 aromatic rings. The predicted molar refractivity (Wildman–Crippen MR) is 110 cm³/mol. The molecule has 0 aliphatic heterocycles. The Morgan fingerprint density at radius 1 is 1.21 bits per heavy atom. The number of benzene rings is 2. The van der Waals surface area contributed by atoms with E-state index in [1.807, 2.05) is 49.4 Å². The molecule has 0 spiro atoms. The fraction of sp³-hybridized carbons (Fsp3) is 0.273. The maximum absolute atomic E-state index is 10.8. The maximum Gasteiger partial charge on any atom is 0.341 e. The monoisotopic (exact) mass is 397 g/mol. The fourth-order valence-electron chi connectivity index (χ4n) is 2.81. The second kappa shape index (κ2) is 9.46. The van der Waals surface area contributed by atoms with E-state index in [9.17, 15) is 4.79 Å². The molecule has 0 aliphatic rings. The van der Waals surface area contributed by atoms with Crippen LogP contribution in [0.4, 0.5) is 0 Å². The summed E-state index contributed by atoms with van der Waals surface area (Å²) in [7, 11) is 0. The molecule has 0 amide bonds. The minimum atomic E-state index is -0.975. The zero-order chi connectivity index (χ0) is 19.9. The second-order valence-corrected chi connectivity index (χ2v) is 7.43. The largest absolute Gasteiger partial charge is 0.482 e. The highest BCUT2D eigenvalue weighted by molar-refractivity contribution is 7.98. The molecule has 3 rings (SSSR count). The van der Waals surface area contributed by atoms with E-state index >= 15 is 0 Å². The average Bonchev–Trinajstić information content (AvgIpc) is 3.07. The van der Waals surface area contributed by atoms with Crippen molar-refractivity contribution in [3.8, 4) is 17.2 Å². The second-order valence-electron chi connectivity index (χ2n) is 6.38. The topological polar surface area (TPSA) is 72.6 Å². The molecule has 0 radical (unpaired) electrons. The first kappa shape index (κ1) is 20.0. The summed E-state index contributed by atoms with van der Waals surface area (Å²) in [5.74, 6) is 1.82. The van der Waals surface area contributed by atoms with Gasteiger partial charge in [-0.05, 0) is 49.2 Å². The van der Waals surface area contributed by atoms with Crippen LogP contribution in [0.3, 0.4) is 0 Å². The average molecular weight is 397 g/mol. The Balaban J connectivity index is 1.71. The predicted octanol–water partition coefficient (Wildman–Crippen LogP) is 5.36. The van der Waals surface area contributed by atoms with Crippen LogP contribution in [-0.2, 0) is 17.0 Å². The van der Waals surface area contributed by atoms with Crippen molar-refractivity contribution in [3.63, 3.8) is 0 Å². The van der Waals surface area contributed by atoms with Crippen LogP contribution < -0.4 is 4.74 Å². The van der Waals surface area contributed by atoms with Gasteiger partial charge in [0.05, 0.1) is 5.69 Å². The number of nitrogens with zero attached hydrogens (tertiary/aromatic N) is 1. The number of ether oxygens (including phenoxy) is 1. The SMILES string of the molecule is CCCc1cc(SCc2nc(-c3ccccc3)oc2C)ccc1OCC(=O)O. The van der Waals surface area contributed by atoms with E-state index in [2.05, 4.69) is 18.0 Å². The first-order valence-electron chi connectivity index (χ1n) is 9.19. The summed E-state index contributed by atoms with van der Waals surface area (Å²) in [5, 5.41) is 8.83. The van der Waals surface area contributed by atoms with Crippen LogP contribution in [-0.4, -0.2) is 22.7 Å². The number of hydrogen-bond donors (Lipinski definition) is 1. The first-order chi connectivity index (χ1) is 13.6. The number of aromatic nitrogens is 1. The Morgan fingerprint density at radius 3 is 2.71 bits per heavy atom. The number of aliphatic carboxylic acids is 1. The van der Waals surface area contributed by atoms with E-state index in [1.54, 1.807) is 11.8 Å². The number of aryl methyl sites for hydroxylation is 2. The molecule has 2 aromatic carbocycles. The molecule has 28 heavy (non-hydrogen) atoms. The van der Waals surface area contributed by atoms with Crippen LogP contribution in [0, 0.1) is 6.92 Å². The Morgan fingerprint density at radius 2 is 2.00 bits per heavy atom. The van der Waals surface area contributed by atoms with Gasteiger partial charge in [-0.15, -0.1) is 11.8 Å². The Hall–Kier alpha value is -2.73. The minimum absolute atomic E-state index is 0.330. The summed E-state index contributed by atoms with van der Waals surface area (Å²) >= 11 is 1.67. The van der Waals surface area contributed by atoms with Gasteiger partial charge >= 0.3 is 5.97 Å². The first-order valence-corrected chi connectivity index (χ1v) is 10.2. The quantitative estimate of drug-likeness (QED) is 0.490. The summed E-state index contributed by atoms with van der Waals surface area (Å²) in [4.78, 5) is 16.5. The Kier molecular flexibility index (Phi) is 6.76. The van der Waals surface area contributed by atoms with Crippen molar-refractivity contribution in [2.45, 2.75) is 37.3 Å². The highest BCUT2D eigenvalue weighted by atomic mass is 32.2. The summed E-state index contributed by atoms with van der Waals surface area (Å²) in [6, 6.07) is 15.7. The minimum Gasteiger partial charge on any atom is -0.482 e. The lowest BCUT2D eigenvalue weighted by molar-refractivity contribution is -0.139. The normalized spacial score (nSPS) is 10.8. The number of carbonyl (C=O) groups is 1. The Bertz CT molecular complexity index is 937. The van der Waals surface area contributed by atoms with Gasteiger partial charge in [0.1, 0.15) is 11.5 Å². The van der Waals surface area contributed by atoms with Crippen LogP contribution in [0.2, 0.25) is 0 Å². The lowest BCUT2D eigenvalue weighted by atomic mass is 10.1. The Labute approximate surface area is 168 Å². The van der Waals surface area contributed by atoms with Crippen LogP contribution in [0.1, 0.15) is 30.4 Å². The van der Waals surface area contributed by atoms with Crippen LogP contribution in [0.5, 0.6) is 5.75 Å². The van der Waals surface area contributed by atoms with Crippen LogP contribution in [0.15, 0.2) is 57.8 Å². The van der Waals surface area contributed by atoms with Crippen LogP contribution in [0.25, 0.3) is 11.5 Å². The van der Waals surface area contributed by atoms with E-state index in [0.717, 1.165) is 40.3 Å². The summed E-state index contributed by atoms with van der Waals surface area (Å²) < 4.78 is 11.2. The zero-order valence-electron chi connectivity index (χ0n) is 16.0. The maximum atomic E-state index is 10.8. The number of thioether (sulfide) groups is 1. The van der Waals surface area contributed by atoms with Gasteiger partial charge in [-0.2, -0.15) is 0 Å². The molecule has 0 saturated heterocycles. The van der Waals surface area contributed by atoms with Crippen molar-refractivity contribution >= 4 is 17.7 Å². The molecule has 146 valence electrons. The van der Waals surface area contributed by atoms with E-state index in [4.69, 9.17) is 14.3 Å². The van der Waals surface area contributed by atoms with Gasteiger partial charge in [0.25, 0.3) is 0 Å². The molecule has 0 unspecified atom stereocenters. The molecule has 5 nitrogen and oxygen atoms in total. The number of carboxylic acids is 1. The van der Waals surface area contributed by atoms with Crippen molar-refractivity contribution in [1.29, 1.82) is 0 Å². The van der Waals surface area contributed by atoms with Crippen LogP contribution >= 0.6 is 11.8 Å². The van der Waals surface area contributed by atoms with Gasteiger partial charge in [-0.25, -0.2) is 9.78 Å². The molecule has 0 atom stereocenters. The molecule has 1 heterocycles. The van der Waals surface area contributed by atoms with Crippen molar-refractivity contribution < 1.29 is 19.1 Å². The van der Waals surface area contributed by atoms with Gasteiger partial charge in [0.2, 0.25) is 5.89 Å². The molecule has 1 N–H and O–H groups in total. The molecular formula is C22H23NO4S. The number of rotatable bonds is 9. The van der Waals surface area contributed by atoms with Gasteiger partial charge in [0.15, 0.2) is 6.61 Å². The number of oxazole rings is 1. The lowest BCUT2D eigenvalue weighted by Crippen LogP contribution is -2.10. The van der Waals surface area contributed by atoms with Gasteiger partial charge in [0, 0.05) is 16.2 Å². The van der Waals surface area contributed by atoms with Crippen molar-refractivity contribution in [2.24, 2.45) is 0 Å². The molecule has 0 saturated carbocycles. The van der Waals surface area contributed by atoms with E-state index in [1.165, 1.54) is 0 Å². The fourth-order valence-corrected chi connectivity index (χ4v) is 3.77. The lowest BCUT2D eigenvalue weighted by Gasteiger charge is -2.11. The number of carboxylic acid groups (broad SMARTS) is 1. The molecule has 0 fully saturated rings. The summed E-state index contributed by atoms with van der Waals surface area (Å²) in [5.41, 5.74) is 2.91. The van der Waals surface area contributed by atoms with E-state index < -0.39 is 5.97 Å². The highest BCUT2D eigenvalue weighted by Gasteiger charge is 2.13. The van der Waals surface area contributed by atoms with Gasteiger partial charge < -0.3 is 14.3 Å². The molecule has 1 aromatic heterocycles. The highest BCUT2D eigenvalue weighted by Crippen LogP contribution is 2.31. The van der Waals surface area contributed by atoms with Crippen molar-refractivity contribution in [3.05, 3.63) is 65.5 Å². The third kappa shape index (κ3) is 5.16. The summed E-state index contributed by atoms with van der Waals surface area (Å²) in [6.07, 6.45) is 1.80. The van der Waals surface area contributed by atoms with Crippen molar-refractivity contribution in [1.82, 2.24) is 4.98 Å². The van der Waals surface area contributed by atoms with E-state index in [-0.39, 0.29) is 6.61 Å². The zero-order valence-corrected chi connectivity index (χ0v) is 16.8. The summed E-state index contributed by atoms with van der Waals surface area (Å²) in [6.45, 7) is 3.69. The number of hydrogen-bond acceptors (Lipinski definition) is 5. The standard InChI is InChI=1S/C22H23NO4S/c1-3-7-17-12-18(10-11-20(17)26-13-21(24)25)28-14-19-15(2)27-22(23-19)16-8-5-4-6-9-16/h4-6,8-12H,3,7,13-14H2,1-2H3,(H,24,25).